The van der Waals surface area contributed by atoms with Crippen LogP contribution in [-0.2, 0) is 4.74 Å². The average molecular weight is 252 g/mol. The molecule has 102 valence electrons. The predicted octanol–water partition coefficient (Wildman–Crippen LogP) is 2.01. The molecule has 1 heterocycles. The van der Waals surface area contributed by atoms with Crippen molar-refractivity contribution in [3.05, 3.63) is 11.8 Å². The van der Waals surface area contributed by atoms with Crippen LogP contribution in [0.15, 0.2) is 6.07 Å². The number of nitrogens with zero attached hydrogens (tertiary/aromatic N) is 3. The van der Waals surface area contributed by atoms with Gasteiger partial charge < -0.3 is 15.4 Å². The summed E-state index contributed by atoms with van der Waals surface area (Å²) in [7, 11) is 1.71. The lowest BCUT2D eigenvalue weighted by Gasteiger charge is -2.31. The first-order chi connectivity index (χ1) is 8.62. The second-order valence-electron chi connectivity index (χ2n) is 4.38. The number of nitrogens with two attached hydrogens (primary N) is 1. The van der Waals surface area contributed by atoms with E-state index < -0.39 is 0 Å². The zero-order valence-corrected chi connectivity index (χ0v) is 11.8. The monoisotopic (exact) mass is 252 g/mol. The van der Waals surface area contributed by atoms with Gasteiger partial charge in [-0.3, -0.25) is 0 Å². The lowest BCUT2D eigenvalue weighted by Crippen LogP contribution is -2.38. The van der Waals surface area contributed by atoms with Gasteiger partial charge in [0, 0.05) is 31.5 Å². The molecule has 0 unspecified atom stereocenters. The number of hydrogen-bond donors (Lipinski definition) is 1. The summed E-state index contributed by atoms with van der Waals surface area (Å²) in [6.07, 6.45) is 2.15. The van der Waals surface area contributed by atoms with Crippen molar-refractivity contribution in [1.82, 2.24) is 9.97 Å². The van der Waals surface area contributed by atoms with Crippen molar-refractivity contribution < 1.29 is 4.74 Å². The molecule has 0 saturated carbocycles. The zero-order chi connectivity index (χ0) is 13.5. The highest BCUT2D eigenvalue weighted by Gasteiger charge is 2.17. The van der Waals surface area contributed by atoms with E-state index in [-0.39, 0.29) is 0 Å². The molecular weight excluding hydrogens is 228 g/mol. The van der Waals surface area contributed by atoms with E-state index in [1.165, 1.54) is 0 Å². The first-order valence-electron chi connectivity index (χ1n) is 6.49. The molecule has 1 aromatic rings. The molecular formula is C13H24N4O. The molecule has 0 radical (unpaired) electrons. The Morgan fingerprint density at radius 3 is 2.50 bits per heavy atom. The molecule has 1 rings (SSSR count). The van der Waals surface area contributed by atoms with Crippen LogP contribution in [-0.4, -0.2) is 36.3 Å². The van der Waals surface area contributed by atoms with E-state index in [4.69, 9.17) is 10.5 Å². The molecule has 5 heteroatoms. The first-order valence-corrected chi connectivity index (χ1v) is 6.49. The van der Waals surface area contributed by atoms with E-state index in [1.54, 1.807) is 7.11 Å². The molecule has 0 spiro atoms. The topological polar surface area (TPSA) is 64.3 Å². The van der Waals surface area contributed by atoms with E-state index in [0.717, 1.165) is 30.9 Å². The normalized spacial score (nSPS) is 10.9. The quantitative estimate of drug-likeness (QED) is 0.804. The Labute approximate surface area is 109 Å². The molecule has 18 heavy (non-hydrogen) atoms. The van der Waals surface area contributed by atoms with Crippen LogP contribution in [0.3, 0.4) is 0 Å². The smallest absolute Gasteiger partial charge is 0.222 e. The van der Waals surface area contributed by atoms with Crippen LogP contribution in [0.25, 0.3) is 0 Å². The fourth-order valence-electron chi connectivity index (χ4n) is 2.12. The summed E-state index contributed by atoms with van der Waals surface area (Å²) in [4.78, 5) is 10.7. The maximum Gasteiger partial charge on any atom is 0.222 e. The minimum absolute atomic E-state index is 0.332. The Morgan fingerprint density at radius 2 is 2.00 bits per heavy atom. The highest BCUT2D eigenvalue weighted by atomic mass is 16.5. The minimum Gasteiger partial charge on any atom is -0.383 e. The minimum atomic E-state index is 0.332. The van der Waals surface area contributed by atoms with Crippen molar-refractivity contribution in [3.63, 3.8) is 0 Å². The summed E-state index contributed by atoms with van der Waals surface area (Å²) in [5, 5.41) is 0. The van der Waals surface area contributed by atoms with Gasteiger partial charge in [-0.2, -0.15) is 4.98 Å². The van der Waals surface area contributed by atoms with Gasteiger partial charge >= 0.3 is 0 Å². The Morgan fingerprint density at radius 1 is 1.33 bits per heavy atom. The van der Waals surface area contributed by atoms with Crippen LogP contribution in [0.4, 0.5) is 11.8 Å². The van der Waals surface area contributed by atoms with Gasteiger partial charge in [0.05, 0.1) is 6.61 Å². The number of rotatable bonds is 7. The Bertz CT molecular complexity index is 346. The van der Waals surface area contributed by atoms with E-state index in [9.17, 15) is 0 Å². The van der Waals surface area contributed by atoms with Crippen LogP contribution in [0, 0.1) is 6.92 Å². The third-order valence-corrected chi connectivity index (χ3v) is 3.07. The van der Waals surface area contributed by atoms with Gasteiger partial charge in [-0.25, -0.2) is 4.98 Å². The number of ether oxygens (including phenoxy) is 1. The highest BCUT2D eigenvalue weighted by Crippen LogP contribution is 2.19. The fourth-order valence-corrected chi connectivity index (χ4v) is 2.12. The molecule has 0 aliphatic carbocycles. The van der Waals surface area contributed by atoms with Crippen LogP contribution < -0.4 is 10.6 Å². The average Bonchev–Trinajstić information content (AvgIpc) is 2.33. The maximum absolute atomic E-state index is 5.73. The van der Waals surface area contributed by atoms with Gasteiger partial charge in [0.1, 0.15) is 5.82 Å². The number of aromatic nitrogens is 2. The third-order valence-electron chi connectivity index (χ3n) is 3.07. The van der Waals surface area contributed by atoms with Gasteiger partial charge in [0.2, 0.25) is 5.95 Å². The van der Waals surface area contributed by atoms with E-state index in [1.807, 2.05) is 13.0 Å². The number of anilines is 2. The summed E-state index contributed by atoms with van der Waals surface area (Å²) >= 11 is 0. The largest absolute Gasteiger partial charge is 0.383 e. The van der Waals surface area contributed by atoms with Crippen molar-refractivity contribution in [2.75, 3.05) is 30.9 Å². The molecule has 0 atom stereocenters. The molecule has 1 aromatic heterocycles. The Balaban J connectivity index is 2.99. The van der Waals surface area contributed by atoms with Crippen LogP contribution in [0.2, 0.25) is 0 Å². The molecule has 0 aliphatic rings. The SMILES string of the molecule is CCC(CC)N(CCOC)c1cc(C)nc(N)n1. The summed E-state index contributed by atoms with van der Waals surface area (Å²) in [5.41, 5.74) is 6.62. The predicted molar refractivity (Wildman–Crippen MR) is 74.8 cm³/mol. The zero-order valence-electron chi connectivity index (χ0n) is 11.8. The third kappa shape index (κ3) is 3.84. The van der Waals surface area contributed by atoms with Crippen molar-refractivity contribution >= 4 is 11.8 Å². The van der Waals surface area contributed by atoms with Crippen molar-refractivity contribution in [2.24, 2.45) is 0 Å². The van der Waals surface area contributed by atoms with Crippen LogP contribution in [0.1, 0.15) is 32.4 Å². The second kappa shape index (κ2) is 7.16. The Kier molecular flexibility index (Phi) is 5.85. The van der Waals surface area contributed by atoms with E-state index in [2.05, 4.69) is 28.7 Å². The van der Waals surface area contributed by atoms with Crippen molar-refractivity contribution in [3.8, 4) is 0 Å². The van der Waals surface area contributed by atoms with E-state index in [0.29, 0.717) is 18.6 Å². The number of methoxy groups -OCH3 is 1. The van der Waals surface area contributed by atoms with Gasteiger partial charge in [0.15, 0.2) is 0 Å². The number of aryl methyl sites for hydroxylation is 1. The number of nitrogen functional groups attached to an aromatic ring is 1. The molecule has 0 fully saturated rings. The molecule has 2 N–H and O–H groups in total. The van der Waals surface area contributed by atoms with Gasteiger partial charge in [-0.05, 0) is 19.8 Å². The van der Waals surface area contributed by atoms with E-state index >= 15 is 0 Å². The van der Waals surface area contributed by atoms with Gasteiger partial charge in [0.25, 0.3) is 0 Å². The lowest BCUT2D eigenvalue weighted by molar-refractivity contribution is 0.202. The molecule has 5 nitrogen and oxygen atoms in total. The van der Waals surface area contributed by atoms with Gasteiger partial charge in [-0.1, -0.05) is 13.8 Å². The first kappa shape index (κ1) is 14.7. The molecule has 0 aliphatic heterocycles. The summed E-state index contributed by atoms with van der Waals surface area (Å²) in [6.45, 7) is 7.80. The van der Waals surface area contributed by atoms with Crippen molar-refractivity contribution in [2.45, 2.75) is 39.7 Å². The fraction of sp³-hybridized carbons (Fsp3) is 0.692. The maximum atomic E-state index is 5.73. The molecule has 0 aromatic carbocycles. The lowest BCUT2D eigenvalue weighted by atomic mass is 10.1. The number of hydrogen-bond acceptors (Lipinski definition) is 5. The molecule has 0 bridgehead atoms. The molecule has 0 amide bonds. The summed E-state index contributed by atoms with van der Waals surface area (Å²) in [6, 6.07) is 2.43. The summed E-state index contributed by atoms with van der Waals surface area (Å²) < 4.78 is 5.18. The van der Waals surface area contributed by atoms with Gasteiger partial charge in [-0.15, -0.1) is 0 Å². The molecule has 0 saturated heterocycles. The highest BCUT2D eigenvalue weighted by molar-refractivity contribution is 5.44. The van der Waals surface area contributed by atoms with Crippen LogP contribution in [0.5, 0.6) is 0 Å². The standard InChI is InChI=1S/C13H24N4O/c1-5-11(6-2)17(7-8-18-4)12-9-10(3)15-13(14)16-12/h9,11H,5-8H2,1-4H3,(H2,14,15,16). The summed E-state index contributed by atoms with van der Waals surface area (Å²) in [5.74, 6) is 1.23. The van der Waals surface area contributed by atoms with Crippen LogP contribution >= 0.6 is 0 Å². The Hall–Kier alpha value is -1.36. The second-order valence-corrected chi connectivity index (χ2v) is 4.38. The van der Waals surface area contributed by atoms with Crippen molar-refractivity contribution in [1.29, 1.82) is 0 Å².